The second-order valence-corrected chi connectivity index (χ2v) is 7.78. The molecule has 2 amide bonds. The van der Waals surface area contributed by atoms with Crippen LogP contribution in [0.25, 0.3) is 11.3 Å². The maximum Gasteiger partial charge on any atom is 0.317 e. The lowest BCUT2D eigenvalue weighted by Crippen LogP contribution is -2.38. The first-order chi connectivity index (χ1) is 12.7. The number of amides is 2. The minimum absolute atomic E-state index is 0.0512. The van der Waals surface area contributed by atoms with Gasteiger partial charge in [-0.3, -0.25) is 4.98 Å². The number of hydrogen-bond donors (Lipinski definition) is 1. The Morgan fingerprint density at radius 3 is 2.85 bits per heavy atom. The molecule has 1 spiro atoms. The van der Waals surface area contributed by atoms with Crippen molar-refractivity contribution in [3.8, 4) is 11.3 Å². The van der Waals surface area contributed by atoms with Crippen LogP contribution >= 0.6 is 0 Å². The van der Waals surface area contributed by atoms with E-state index >= 15 is 0 Å². The summed E-state index contributed by atoms with van der Waals surface area (Å²) in [6.07, 6.45) is 11.5. The molecular weight excluding hydrogens is 328 g/mol. The maximum absolute atomic E-state index is 12.4. The third-order valence-corrected chi connectivity index (χ3v) is 5.98. The number of pyridine rings is 1. The number of rotatable bonds is 5. The Morgan fingerprint density at radius 2 is 2.08 bits per heavy atom. The molecule has 2 saturated carbocycles. The van der Waals surface area contributed by atoms with E-state index in [1.807, 2.05) is 18.2 Å². The van der Waals surface area contributed by atoms with Gasteiger partial charge in [-0.15, -0.1) is 0 Å². The minimum Gasteiger partial charge on any atom is -0.359 e. The van der Waals surface area contributed by atoms with E-state index in [9.17, 15) is 4.79 Å². The number of urea groups is 1. The highest BCUT2D eigenvalue weighted by Crippen LogP contribution is 2.60. The number of aromatic nitrogens is 2. The molecule has 0 aliphatic heterocycles. The Morgan fingerprint density at radius 1 is 1.31 bits per heavy atom. The summed E-state index contributed by atoms with van der Waals surface area (Å²) >= 11 is 0. The van der Waals surface area contributed by atoms with E-state index in [0.29, 0.717) is 23.6 Å². The van der Waals surface area contributed by atoms with Crippen molar-refractivity contribution in [2.45, 2.75) is 45.1 Å². The van der Waals surface area contributed by atoms with Crippen LogP contribution in [0.1, 0.15) is 44.3 Å². The van der Waals surface area contributed by atoms with Gasteiger partial charge in [-0.2, -0.15) is 0 Å². The van der Waals surface area contributed by atoms with E-state index in [-0.39, 0.29) is 6.03 Å². The molecule has 2 aromatic heterocycles. The van der Waals surface area contributed by atoms with Crippen LogP contribution < -0.4 is 5.32 Å². The van der Waals surface area contributed by atoms with Crippen molar-refractivity contribution in [3.05, 3.63) is 36.4 Å². The van der Waals surface area contributed by atoms with Gasteiger partial charge in [0.25, 0.3) is 0 Å². The minimum atomic E-state index is -0.0512. The summed E-state index contributed by atoms with van der Waals surface area (Å²) in [6.45, 7) is 1.20. The topological polar surface area (TPSA) is 71.3 Å². The average molecular weight is 354 g/mol. The molecule has 2 aromatic rings. The number of nitrogens with zero attached hydrogens (tertiary/aromatic N) is 3. The summed E-state index contributed by atoms with van der Waals surface area (Å²) in [4.78, 5) is 18.0. The molecule has 2 aliphatic rings. The van der Waals surface area contributed by atoms with E-state index in [1.165, 1.54) is 38.5 Å². The third kappa shape index (κ3) is 3.59. The van der Waals surface area contributed by atoms with Gasteiger partial charge < -0.3 is 14.7 Å². The van der Waals surface area contributed by atoms with E-state index in [1.54, 1.807) is 24.3 Å². The van der Waals surface area contributed by atoms with Crippen LogP contribution in [0.5, 0.6) is 0 Å². The highest BCUT2D eigenvalue weighted by atomic mass is 16.5. The maximum atomic E-state index is 12.4. The molecule has 2 aliphatic carbocycles. The molecule has 1 N–H and O–H groups in total. The molecule has 0 aromatic carbocycles. The molecular formula is C20H26N4O2. The summed E-state index contributed by atoms with van der Waals surface area (Å²) in [7, 11) is 1.78. The lowest BCUT2D eigenvalue weighted by molar-refractivity contribution is 0.199. The molecule has 4 rings (SSSR count). The highest BCUT2D eigenvalue weighted by Gasteiger charge is 2.53. The zero-order valence-electron chi connectivity index (χ0n) is 15.3. The zero-order valence-corrected chi connectivity index (χ0v) is 15.3. The van der Waals surface area contributed by atoms with Crippen LogP contribution in [0.2, 0.25) is 0 Å². The first-order valence-corrected chi connectivity index (χ1v) is 9.51. The van der Waals surface area contributed by atoms with Gasteiger partial charge in [-0.25, -0.2) is 4.79 Å². The largest absolute Gasteiger partial charge is 0.359 e. The van der Waals surface area contributed by atoms with Crippen LogP contribution in [0, 0.1) is 11.3 Å². The Balaban J connectivity index is 1.26. The van der Waals surface area contributed by atoms with Gasteiger partial charge >= 0.3 is 6.03 Å². The normalized spacial score (nSPS) is 20.7. The van der Waals surface area contributed by atoms with Crippen molar-refractivity contribution in [1.29, 1.82) is 0 Å². The van der Waals surface area contributed by atoms with Crippen LogP contribution in [0.15, 0.2) is 35.1 Å². The Kier molecular flexibility index (Phi) is 4.66. The fourth-order valence-corrected chi connectivity index (χ4v) is 4.29. The zero-order chi connectivity index (χ0) is 18.0. The second kappa shape index (κ2) is 7.09. The van der Waals surface area contributed by atoms with E-state index < -0.39 is 0 Å². The highest BCUT2D eigenvalue weighted by molar-refractivity contribution is 5.73. The predicted molar refractivity (Wildman–Crippen MR) is 98.2 cm³/mol. The molecule has 26 heavy (non-hydrogen) atoms. The van der Waals surface area contributed by atoms with Crippen molar-refractivity contribution in [2.75, 3.05) is 13.6 Å². The molecule has 2 fully saturated rings. The van der Waals surface area contributed by atoms with Gasteiger partial charge in [-0.1, -0.05) is 24.4 Å². The van der Waals surface area contributed by atoms with Gasteiger partial charge in [0.05, 0.1) is 6.54 Å². The van der Waals surface area contributed by atoms with Crippen molar-refractivity contribution >= 4 is 6.03 Å². The van der Waals surface area contributed by atoms with Gasteiger partial charge in [0.2, 0.25) is 0 Å². The fourth-order valence-electron chi connectivity index (χ4n) is 4.29. The third-order valence-electron chi connectivity index (χ3n) is 5.98. The molecule has 2 heterocycles. The Labute approximate surface area is 154 Å². The fraction of sp³-hybridized carbons (Fsp3) is 0.550. The first-order valence-electron chi connectivity index (χ1n) is 9.51. The molecule has 6 nitrogen and oxygen atoms in total. The molecule has 1 unspecified atom stereocenters. The molecule has 1 atom stereocenters. The summed E-state index contributed by atoms with van der Waals surface area (Å²) in [5.74, 6) is 1.34. The van der Waals surface area contributed by atoms with Crippen molar-refractivity contribution in [3.63, 3.8) is 0 Å². The SMILES string of the molecule is CN(Cc1cc(-c2ccncc2)no1)C(=O)NCC1CC12CCCCC2. The van der Waals surface area contributed by atoms with E-state index in [0.717, 1.165) is 17.8 Å². The Bertz CT molecular complexity index is 752. The van der Waals surface area contributed by atoms with Crippen LogP contribution in [0.3, 0.4) is 0 Å². The summed E-state index contributed by atoms with van der Waals surface area (Å²) in [5, 5.41) is 7.17. The summed E-state index contributed by atoms with van der Waals surface area (Å²) in [6, 6.07) is 5.59. The van der Waals surface area contributed by atoms with E-state index in [2.05, 4.69) is 15.5 Å². The van der Waals surface area contributed by atoms with Gasteiger partial charge in [0.1, 0.15) is 5.69 Å². The van der Waals surface area contributed by atoms with Crippen LogP contribution in [-0.2, 0) is 6.54 Å². The molecule has 138 valence electrons. The lowest BCUT2D eigenvalue weighted by Gasteiger charge is -2.23. The number of carbonyl (C=O) groups is 1. The van der Waals surface area contributed by atoms with Gasteiger partial charge in [-0.05, 0) is 42.7 Å². The Hall–Kier alpha value is -2.37. The molecule has 0 saturated heterocycles. The lowest BCUT2D eigenvalue weighted by atomic mass is 9.84. The van der Waals surface area contributed by atoms with Crippen molar-refractivity contribution in [2.24, 2.45) is 11.3 Å². The molecule has 0 bridgehead atoms. The van der Waals surface area contributed by atoms with E-state index in [4.69, 9.17) is 4.52 Å². The average Bonchev–Trinajstić information content (AvgIpc) is 3.11. The molecule has 6 heteroatoms. The standard InChI is InChI=1S/C20H26N4O2/c1-24(14-17-11-18(23-26-17)15-5-9-21-10-6-15)19(25)22-13-16-12-20(16)7-3-2-4-8-20/h5-6,9-11,16H,2-4,7-8,12-14H2,1H3,(H,22,25). The van der Waals surface area contributed by atoms with Gasteiger partial charge in [0, 0.05) is 37.6 Å². The number of nitrogens with one attached hydrogen (secondary N) is 1. The first kappa shape index (κ1) is 17.1. The number of hydrogen-bond acceptors (Lipinski definition) is 4. The van der Waals surface area contributed by atoms with Crippen LogP contribution in [0.4, 0.5) is 4.79 Å². The molecule has 0 radical (unpaired) electrons. The quantitative estimate of drug-likeness (QED) is 0.885. The predicted octanol–water partition coefficient (Wildman–Crippen LogP) is 3.85. The smallest absolute Gasteiger partial charge is 0.317 e. The van der Waals surface area contributed by atoms with Crippen molar-refractivity contribution in [1.82, 2.24) is 20.4 Å². The summed E-state index contributed by atoms with van der Waals surface area (Å²) in [5.41, 5.74) is 2.26. The summed E-state index contributed by atoms with van der Waals surface area (Å²) < 4.78 is 5.38. The second-order valence-electron chi connectivity index (χ2n) is 7.78. The van der Waals surface area contributed by atoms with Gasteiger partial charge in [0.15, 0.2) is 5.76 Å². The number of carbonyl (C=O) groups excluding carboxylic acids is 1. The van der Waals surface area contributed by atoms with Crippen LogP contribution in [-0.4, -0.2) is 34.7 Å². The monoisotopic (exact) mass is 354 g/mol. The van der Waals surface area contributed by atoms with Crippen molar-refractivity contribution < 1.29 is 9.32 Å².